The number of carbonyl (C=O) groups is 1. The molecule has 0 saturated carbocycles. The van der Waals surface area contributed by atoms with Crippen molar-refractivity contribution in [3.63, 3.8) is 0 Å². The molecule has 2 aromatic rings. The number of nitrogens with one attached hydrogen (secondary N) is 1. The van der Waals surface area contributed by atoms with Crippen molar-refractivity contribution in [1.29, 1.82) is 0 Å². The van der Waals surface area contributed by atoms with Gasteiger partial charge in [0.1, 0.15) is 11.6 Å². The molecule has 2 fully saturated rings. The molecule has 2 aromatic carbocycles. The van der Waals surface area contributed by atoms with Crippen molar-refractivity contribution in [2.45, 2.75) is 17.9 Å². The highest BCUT2D eigenvalue weighted by Crippen LogP contribution is 2.28. The molecule has 4 rings (SSSR count). The summed E-state index contributed by atoms with van der Waals surface area (Å²) >= 11 is 0. The van der Waals surface area contributed by atoms with Crippen LogP contribution in [0.5, 0.6) is 0 Å². The second-order valence-corrected chi connectivity index (χ2v) is 10.1. The molecule has 0 radical (unpaired) electrons. The minimum Gasteiger partial charge on any atom is -0.379 e. The maximum Gasteiger partial charge on any atom is 0.253 e. The lowest BCUT2D eigenvalue weighted by Crippen LogP contribution is -2.41. The van der Waals surface area contributed by atoms with Gasteiger partial charge in [-0.15, -0.1) is 0 Å². The summed E-state index contributed by atoms with van der Waals surface area (Å²) in [7, 11) is -3.83. The number of anilines is 1. The Hall–Kier alpha value is -2.60. The van der Waals surface area contributed by atoms with Gasteiger partial charge in [0.2, 0.25) is 10.0 Å². The van der Waals surface area contributed by atoms with Gasteiger partial charge >= 0.3 is 0 Å². The van der Waals surface area contributed by atoms with Crippen molar-refractivity contribution in [3.05, 3.63) is 59.2 Å². The van der Waals surface area contributed by atoms with Gasteiger partial charge in [-0.3, -0.25) is 4.79 Å². The molecule has 0 aliphatic carbocycles. The highest BCUT2D eigenvalue weighted by molar-refractivity contribution is 7.89. The average Bonchev–Trinajstić information content (AvgIpc) is 2.84. The Bertz CT molecular complexity index is 1150. The third-order valence-corrected chi connectivity index (χ3v) is 7.84. The zero-order chi connectivity index (χ0) is 24.3. The molecule has 0 aromatic heterocycles. The molecule has 0 spiro atoms. The maximum atomic E-state index is 14.2. The Balaban J connectivity index is 1.67. The normalized spacial score (nSPS) is 18.5. The average molecular weight is 496 g/mol. The molecule has 1 N–H and O–H groups in total. The van der Waals surface area contributed by atoms with E-state index in [-0.39, 0.29) is 29.1 Å². The van der Waals surface area contributed by atoms with Crippen LogP contribution in [0.3, 0.4) is 0 Å². The molecular formula is C23H27F2N3O5S. The summed E-state index contributed by atoms with van der Waals surface area (Å²) in [4.78, 5) is 15.3. The third kappa shape index (κ3) is 5.22. The topological polar surface area (TPSA) is 88.2 Å². The fourth-order valence-electron chi connectivity index (χ4n) is 4.08. The van der Waals surface area contributed by atoms with Crippen LogP contribution in [0.25, 0.3) is 0 Å². The number of hydrogen-bond donors (Lipinski definition) is 1. The first-order valence-electron chi connectivity index (χ1n) is 11.1. The van der Waals surface area contributed by atoms with Gasteiger partial charge in [-0.05, 0) is 31.2 Å². The summed E-state index contributed by atoms with van der Waals surface area (Å²) < 4.78 is 65.9. The zero-order valence-corrected chi connectivity index (χ0v) is 19.6. The summed E-state index contributed by atoms with van der Waals surface area (Å²) in [5, 5.41) is 2.72. The van der Waals surface area contributed by atoms with Gasteiger partial charge < -0.3 is 19.7 Å². The fraction of sp³-hybridized carbons (Fsp3) is 0.435. The van der Waals surface area contributed by atoms with Gasteiger partial charge in [-0.2, -0.15) is 4.31 Å². The van der Waals surface area contributed by atoms with Gasteiger partial charge in [-0.1, -0.05) is 6.07 Å². The first-order chi connectivity index (χ1) is 16.3. The Labute approximate surface area is 197 Å². The third-order valence-electron chi connectivity index (χ3n) is 5.95. The van der Waals surface area contributed by atoms with Crippen molar-refractivity contribution < 1.29 is 31.5 Å². The van der Waals surface area contributed by atoms with Crippen molar-refractivity contribution in [2.75, 3.05) is 57.5 Å². The summed E-state index contributed by atoms with van der Waals surface area (Å²) in [6, 6.07) is 6.86. The molecule has 2 aliphatic heterocycles. The standard InChI is InChI=1S/C23H27F2N3O5S/c1-16(19-4-2-17(24)14-21(19)25)26-23(29)20-15-18(34(30,31)28-8-12-33-13-9-28)3-5-22(20)27-6-10-32-11-7-27/h2-5,14-16H,6-13H2,1H3,(H,26,29). The van der Waals surface area contributed by atoms with E-state index in [1.807, 2.05) is 4.90 Å². The quantitative estimate of drug-likeness (QED) is 0.662. The first-order valence-corrected chi connectivity index (χ1v) is 12.5. The van der Waals surface area contributed by atoms with E-state index in [1.165, 1.54) is 22.5 Å². The van der Waals surface area contributed by atoms with Crippen LogP contribution in [0, 0.1) is 11.6 Å². The van der Waals surface area contributed by atoms with Crippen molar-refractivity contribution in [3.8, 4) is 0 Å². The molecule has 0 bridgehead atoms. The number of ether oxygens (including phenoxy) is 2. The second kappa shape index (κ2) is 10.3. The lowest BCUT2D eigenvalue weighted by Gasteiger charge is -2.31. The summed E-state index contributed by atoms with van der Waals surface area (Å²) in [6.07, 6.45) is 0. The maximum absolute atomic E-state index is 14.2. The number of morpholine rings is 2. The Morgan fingerprint density at radius 3 is 2.26 bits per heavy atom. The van der Waals surface area contributed by atoms with Crippen LogP contribution in [0.4, 0.5) is 14.5 Å². The lowest BCUT2D eigenvalue weighted by molar-refractivity contribution is 0.0730. The lowest BCUT2D eigenvalue weighted by atomic mass is 10.1. The molecule has 2 aliphatic rings. The van der Waals surface area contributed by atoms with Crippen molar-refractivity contribution >= 4 is 21.6 Å². The molecule has 2 heterocycles. The monoisotopic (exact) mass is 495 g/mol. The largest absolute Gasteiger partial charge is 0.379 e. The first kappa shape index (κ1) is 24.5. The SMILES string of the molecule is CC(NC(=O)c1cc(S(=O)(=O)N2CCOCC2)ccc1N1CCOCC1)c1ccc(F)cc1F. The van der Waals surface area contributed by atoms with E-state index in [0.717, 1.165) is 12.1 Å². The molecule has 34 heavy (non-hydrogen) atoms. The van der Waals surface area contributed by atoms with Gasteiger partial charge in [0.25, 0.3) is 5.91 Å². The Kier molecular flexibility index (Phi) is 7.46. The van der Waals surface area contributed by atoms with E-state index < -0.39 is 33.6 Å². The zero-order valence-electron chi connectivity index (χ0n) is 18.8. The van der Waals surface area contributed by atoms with E-state index in [0.29, 0.717) is 45.2 Å². The Morgan fingerprint density at radius 1 is 0.971 bits per heavy atom. The smallest absolute Gasteiger partial charge is 0.253 e. The minimum atomic E-state index is -3.83. The molecule has 1 amide bonds. The van der Waals surface area contributed by atoms with Gasteiger partial charge in [0.15, 0.2) is 0 Å². The predicted molar refractivity (Wildman–Crippen MR) is 121 cm³/mol. The number of rotatable bonds is 6. The highest BCUT2D eigenvalue weighted by Gasteiger charge is 2.29. The van der Waals surface area contributed by atoms with Crippen LogP contribution in [0.2, 0.25) is 0 Å². The van der Waals surface area contributed by atoms with E-state index in [4.69, 9.17) is 9.47 Å². The number of amides is 1. The Morgan fingerprint density at radius 2 is 1.62 bits per heavy atom. The minimum absolute atomic E-state index is 0.00262. The fourth-order valence-corrected chi connectivity index (χ4v) is 5.51. The molecule has 11 heteroatoms. The number of halogens is 2. The van der Waals surface area contributed by atoms with Crippen LogP contribution in [-0.2, 0) is 19.5 Å². The van der Waals surface area contributed by atoms with Gasteiger partial charge in [0.05, 0.1) is 42.9 Å². The number of benzene rings is 2. The predicted octanol–water partition coefficient (Wildman–Crippen LogP) is 2.31. The molecule has 1 atom stereocenters. The molecule has 8 nitrogen and oxygen atoms in total. The molecule has 1 unspecified atom stereocenters. The van der Waals surface area contributed by atoms with Crippen LogP contribution < -0.4 is 10.2 Å². The second-order valence-electron chi connectivity index (χ2n) is 8.16. The van der Waals surface area contributed by atoms with Crippen molar-refractivity contribution in [1.82, 2.24) is 9.62 Å². The summed E-state index contributed by atoms with van der Waals surface area (Å²) in [5.74, 6) is -2.04. The number of hydrogen-bond acceptors (Lipinski definition) is 6. The van der Waals surface area contributed by atoms with Gasteiger partial charge in [0, 0.05) is 43.5 Å². The van der Waals surface area contributed by atoms with E-state index in [9.17, 15) is 22.0 Å². The van der Waals surface area contributed by atoms with Crippen LogP contribution >= 0.6 is 0 Å². The van der Waals surface area contributed by atoms with Gasteiger partial charge in [-0.25, -0.2) is 17.2 Å². The highest BCUT2D eigenvalue weighted by atomic mass is 32.2. The van der Waals surface area contributed by atoms with Crippen LogP contribution in [0.15, 0.2) is 41.3 Å². The molecule has 2 saturated heterocycles. The van der Waals surface area contributed by atoms with Crippen LogP contribution in [-0.4, -0.2) is 71.2 Å². The van der Waals surface area contributed by atoms with Crippen molar-refractivity contribution in [2.24, 2.45) is 0 Å². The van der Waals surface area contributed by atoms with Crippen LogP contribution in [0.1, 0.15) is 28.9 Å². The molecule has 184 valence electrons. The summed E-state index contributed by atoms with van der Waals surface area (Å²) in [5.41, 5.74) is 0.846. The number of sulfonamides is 1. The number of nitrogens with zero attached hydrogens (tertiary/aromatic N) is 2. The van der Waals surface area contributed by atoms with E-state index in [1.54, 1.807) is 13.0 Å². The molecular weight excluding hydrogens is 468 g/mol. The van der Waals surface area contributed by atoms with E-state index in [2.05, 4.69) is 5.32 Å². The van der Waals surface area contributed by atoms with E-state index >= 15 is 0 Å². The number of carbonyl (C=O) groups excluding carboxylic acids is 1. The summed E-state index contributed by atoms with van der Waals surface area (Å²) in [6.45, 7) is 4.69.